The smallest absolute Gasteiger partial charge is 0.253 e. The Morgan fingerprint density at radius 1 is 1.00 bits per heavy atom. The van der Waals surface area contributed by atoms with Crippen LogP contribution >= 0.6 is 11.6 Å². The van der Waals surface area contributed by atoms with Gasteiger partial charge in [0.25, 0.3) is 11.8 Å². The summed E-state index contributed by atoms with van der Waals surface area (Å²) in [5.41, 5.74) is 0.974. The highest BCUT2D eigenvalue weighted by atomic mass is 35.5. The lowest BCUT2D eigenvalue weighted by atomic mass is 10.0. The van der Waals surface area contributed by atoms with Crippen molar-refractivity contribution in [1.82, 2.24) is 10.2 Å². The number of rotatable bonds is 6. The molecule has 0 spiro atoms. The number of hydrogen-bond acceptors (Lipinski definition) is 5. The van der Waals surface area contributed by atoms with Gasteiger partial charge in [-0.3, -0.25) is 9.59 Å². The average Bonchev–Trinajstić information content (AvgIpc) is 2.78. The van der Waals surface area contributed by atoms with Gasteiger partial charge in [-0.15, -0.1) is 0 Å². The number of carbonyl (C=O) groups is 2. The molecule has 1 atom stereocenters. The Kier molecular flexibility index (Phi) is 7.05. The van der Waals surface area contributed by atoms with Crippen molar-refractivity contribution in [2.24, 2.45) is 0 Å². The fourth-order valence-corrected chi connectivity index (χ4v) is 3.66. The lowest BCUT2D eigenvalue weighted by molar-refractivity contribution is 0.0676. The fraction of sp³-hybridized carbons (Fsp3) is 0.364. The predicted octanol–water partition coefficient (Wildman–Crippen LogP) is 3.40. The summed E-state index contributed by atoms with van der Waals surface area (Å²) < 4.78 is 15.9. The first-order valence-corrected chi connectivity index (χ1v) is 10.00. The van der Waals surface area contributed by atoms with E-state index >= 15 is 0 Å². The van der Waals surface area contributed by atoms with Crippen LogP contribution < -0.4 is 19.5 Å². The number of hydrogen-bond donors (Lipinski definition) is 1. The normalized spacial score (nSPS) is 16.0. The molecule has 1 aliphatic rings. The first-order valence-electron chi connectivity index (χ1n) is 9.62. The molecule has 160 valence electrons. The Labute approximate surface area is 180 Å². The molecule has 1 saturated heterocycles. The van der Waals surface area contributed by atoms with E-state index in [2.05, 4.69) is 5.32 Å². The Morgan fingerprint density at radius 3 is 2.20 bits per heavy atom. The Hall–Kier alpha value is -2.93. The van der Waals surface area contributed by atoms with Crippen LogP contribution in [0.5, 0.6) is 17.2 Å². The number of amides is 2. The molecule has 3 rings (SSSR count). The van der Waals surface area contributed by atoms with Crippen LogP contribution in [-0.4, -0.2) is 57.2 Å². The van der Waals surface area contributed by atoms with Crippen LogP contribution in [0.4, 0.5) is 0 Å². The zero-order valence-electron chi connectivity index (χ0n) is 17.2. The average molecular weight is 433 g/mol. The summed E-state index contributed by atoms with van der Waals surface area (Å²) in [6.07, 6.45) is 1.60. The third-order valence-electron chi connectivity index (χ3n) is 5.06. The number of nitrogens with one attached hydrogen (secondary N) is 1. The van der Waals surface area contributed by atoms with Crippen LogP contribution in [0.1, 0.15) is 33.6 Å². The highest BCUT2D eigenvalue weighted by molar-refractivity contribution is 6.30. The molecule has 0 radical (unpaired) electrons. The van der Waals surface area contributed by atoms with Gasteiger partial charge in [-0.25, -0.2) is 0 Å². The van der Waals surface area contributed by atoms with E-state index in [0.717, 1.165) is 12.8 Å². The number of ether oxygens (including phenoxy) is 3. The molecular formula is C22H25ClN2O5. The fourth-order valence-electron chi connectivity index (χ4n) is 3.54. The van der Waals surface area contributed by atoms with Crippen molar-refractivity contribution in [2.75, 3.05) is 34.4 Å². The topological polar surface area (TPSA) is 77.1 Å². The largest absolute Gasteiger partial charge is 0.493 e. The highest BCUT2D eigenvalue weighted by Gasteiger charge is 2.26. The van der Waals surface area contributed by atoms with Gasteiger partial charge in [0.1, 0.15) is 0 Å². The maximum Gasteiger partial charge on any atom is 0.253 e. The monoisotopic (exact) mass is 432 g/mol. The van der Waals surface area contributed by atoms with E-state index in [-0.39, 0.29) is 17.9 Å². The van der Waals surface area contributed by atoms with Gasteiger partial charge < -0.3 is 24.4 Å². The van der Waals surface area contributed by atoms with Crippen molar-refractivity contribution in [1.29, 1.82) is 0 Å². The summed E-state index contributed by atoms with van der Waals surface area (Å²) in [4.78, 5) is 27.4. The zero-order valence-corrected chi connectivity index (χ0v) is 18.0. The van der Waals surface area contributed by atoms with E-state index in [1.807, 2.05) is 0 Å². The summed E-state index contributed by atoms with van der Waals surface area (Å²) in [5.74, 6) is 0.905. The van der Waals surface area contributed by atoms with E-state index in [4.69, 9.17) is 25.8 Å². The van der Waals surface area contributed by atoms with Gasteiger partial charge in [0.2, 0.25) is 5.75 Å². The predicted molar refractivity (Wildman–Crippen MR) is 114 cm³/mol. The van der Waals surface area contributed by atoms with E-state index in [9.17, 15) is 9.59 Å². The molecule has 1 unspecified atom stereocenters. The second kappa shape index (κ2) is 9.71. The van der Waals surface area contributed by atoms with Crippen molar-refractivity contribution in [3.63, 3.8) is 0 Å². The van der Waals surface area contributed by atoms with E-state index in [1.165, 1.54) is 21.3 Å². The van der Waals surface area contributed by atoms with Crippen LogP contribution in [-0.2, 0) is 0 Å². The molecule has 2 aromatic rings. The molecular weight excluding hydrogens is 408 g/mol. The van der Waals surface area contributed by atoms with Crippen LogP contribution in [0.2, 0.25) is 5.02 Å². The number of likely N-dealkylation sites (tertiary alicyclic amines) is 1. The second-order valence-electron chi connectivity index (χ2n) is 6.98. The van der Waals surface area contributed by atoms with Gasteiger partial charge in [0.15, 0.2) is 11.5 Å². The number of nitrogens with zero attached hydrogens (tertiary/aromatic N) is 1. The molecule has 8 heteroatoms. The van der Waals surface area contributed by atoms with Gasteiger partial charge >= 0.3 is 0 Å². The molecule has 30 heavy (non-hydrogen) atoms. The first kappa shape index (κ1) is 21.8. The third-order valence-corrected chi connectivity index (χ3v) is 5.31. The number of methoxy groups -OCH3 is 3. The van der Waals surface area contributed by atoms with Crippen molar-refractivity contribution < 1.29 is 23.8 Å². The van der Waals surface area contributed by atoms with Gasteiger partial charge in [0, 0.05) is 35.3 Å². The number of halogens is 1. The van der Waals surface area contributed by atoms with Gasteiger partial charge in [-0.1, -0.05) is 11.6 Å². The van der Waals surface area contributed by atoms with Crippen molar-refractivity contribution in [3.05, 3.63) is 52.5 Å². The second-order valence-corrected chi connectivity index (χ2v) is 7.42. The summed E-state index contributed by atoms with van der Waals surface area (Å²) in [5, 5.41) is 3.60. The van der Waals surface area contributed by atoms with Gasteiger partial charge in [-0.2, -0.15) is 0 Å². The minimum absolute atomic E-state index is 0.0709. The van der Waals surface area contributed by atoms with Crippen molar-refractivity contribution >= 4 is 23.4 Å². The van der Waals surface area contributed by atoms with Crippen LogP contribution in [0.25, 0.3) is 0 Å². The minimum atomic E-state index is -0.264. The van der Waals surface area contributed by atoms with Crippen LogP contribution in [0, 0.1) is 0 Å². The van der Waals surface area contributed by atoms with Crippen LogP contribution in [0.3, 0.4) is 0 Å². The molecule has 2 amide bonds. The molecule has 0 aliphatic carbocycles. The molecule has 1 aliphatic heterocycles. The van der Waals surface area contributed by atoms with E-state index in [1.54, 1.807) is 41.3 Å². The summed E-state index contributed by atoms with van der Waals surface area (Å²) in [7, 11) is 4.51. The van der Waals surface area contributed by atoms with Crippen LogP contribution in [0.15, 0.2) is 36.4 Å². The summed E-state index contributed by atoms with van der Waals surface area (Å²) >= 11 is 5.90. The molecule has 1 N–H and O–H groups in total. The minimum Gasteiger partial charge on any atom is -0.493 e. The SMILES string of the molecule is COc1cc(C(=O)NC2CCCN(C(=O)c3ccc(Cl)cc3)C2)cc(OC)c1OC. The Bertz CT molecular complexity index is 891. The van der Waals surface area contributed by atoms with Crippen molar-refractivity contribution in [2.45, 2.75) is 18.9 Å². The molecule has 1 heterocycles. The summed E-state index contributed by atoms with van der Waals surface area (Å²) in [6, 6.07) is 9.88. The molecule has 0 saturated carbocycles. The third kappa shape index (κ3) is 4.79. The number of piperidine rings is 1. The number of carbonyl (C=O) groups excluding carboxylic acids is 2. The van der Waals surface area contributed by atoms with E-state index < -0.39 is 0 Å². The molecule has 7 nitrogen and oxygen atoms in total. The highest BCUT2D eigenvalue weighted by Crippen LogP contribution is 2.38. The molecule has 2 aromatic carbocycles. The van der Waals surface area contributed by atoms with Gasteiger partial charge in [-0.05, 0) is 49.2 Å². The lowest BCUT2D eigenvalue weighted by Crippen LogP contribution is -2.49. The molecule has 0 bridgehead atoms. The number of benzene rings is 2. The van der Waals surface area contributed by atoms with Crippen molar-refractivity contribution in [3.8, 4) is 17.2 Å². The quantitative estimate of drug-likeness (QED) is 0.757. The van der Waals surface area contributed by atoms with E-state index in [0.29, 0.717) is 46.5 Å². The molecule has 0 aromatic heterocycles. The maximum absolute atomic E-state index is 12.9. The maximum atomic E-state index is 12.9. The first-order chi connectivity index (χ1) is 14.5. The summed E-state index contributed by atoms with van der Waals surface area (Å²) in [6.45, 7) is 1.09. The zero-order chi connectivity index (χ0) is 21.7. The standard InChI is InChI=1S/C22H25ClN2O5/c1-28-18-11-15(12-19(29-2)20(18)30-3)21(26)24-17-5-4-10-25(13-17)22(27)14-6-8-16(23)9-7-14/h6-9,11-12,17H,4-5,10,13H2,1-3H3,(H,24,26). The Balaban J connectivity index is 1.71. The lowest BCUT2D eigenvalue weighted by Gasteiger charge is -2.33. The Morgan fingerprint density at radius 2 is 1.63 bits per heavy atom. The molecule has 1 fully saturated rings. The van der Waals surface area contributed by atoms with Gasteiger partial charge in [0.05, 0.1) is 21.3 Å².